The first-order valence-electron chi connectivity index (χ1n) is 6.70. The van der Waals surface area contributed by atoms with E-state index < -0.39 is 5.54 Å². The van der Waals surface area contributed by atoms with Gasteiger partial charge in [0.25, 0.3) is 0 Å². The Morgan fingerprint density at radius 1 is 1.43 bits per heavy atom. The molecule has 2 aromatic rings. The molecule has 112 valence electrons. The molecule has 1 heterocycles. The number of rotatable bonds is 7. The Morgan fingerprint density at radius 2 is 2.19 bits per heavy atom. The van der Waals surface area contributed by atoms with Crippen molar-refractivity contribution in [3.05, 3.63) is 47.5 Å². The first-order chi connectivity index (χ1) is 10.2. The van der Waals surface area contributed by atoms with Gasteiger partial charge in [-0.25, -0.2) is 9.78 Å². The van der Waals surface area contributed by atoms with Gasteiger partial charge in [0.2, 0.25) is 0 Å². The third kappa shape index (κ3) is 4.06. The van der Waals surface area contributed by atoms with Gasteiger partial charge in [0, 0.05) is 17.3 Å². The Balaban J connectivity index is 2.10. The number of carbonyl (C=O) groups excluding carboxylic acids is 1. The second kappa shape index (κ2) is 7.59. The zero-order valence-corrected chi connectivity index (χ0v) is 13.5. The normalized spacial score (nSPS) is 13.6. The molecule has 0 saturated carbocycles. The zero-order chi connectivity index (χ0) is 15.1. The van der Waals surface area contributed by atoms with Crippen LogP contribution in [0.1, 0.15) is 18.9 Å². The maximum Gasteiger partial charge on any atom is 0.330 e. The molecule has 4 nitrogen and oxygen atoms in total. The summed E-state index contributed by atoms with van der Waals surface area (Å²) < 4.78 is 6.14. The van der Waals surface area contributed by atoms with Crippen molar-refractivity contribution in [1.29, 1.82) is 0 Å². The van der Waals surface area contributed by atoms with Crippen LogP contribution in [0.5, 0.6) is 0 Å². The number of hydrogen-bond acceptors (Lipinski definition) is 6. The molecule has 0 aliphatic heterocycles. The molecule has 0 bridgehead atoms. The maximum absolute atomic E-state index is 12.3. The minimum atomic E-state index is -1.11. The number of carbonyl (C=O) groups is 1. The Hall–Kier alpha value is -1.37. The van der Waals surface area contributed by atoms with E-state index in [2.05, 4.69) is 4.98 Å². The molecule has 0 aliphatic carbocycles. The van der Waals surface area contributed by atoms with Gasteiger partial charge in [0.05, 0.1) is 6.61 Å². The molecule has 1 unspecified atom stereocenters. The Kier molecular flexibility index (Phi) is 5.78. The predicted octanol–water partition coefficient (Wildman–Crippen LogP) is 3.04. The van der Waals surface area contributed by atoms with Gasteiger partial charge >= 0.3 is 5.97 Å². The number of nitrogens with two attached hydrogens (primary N) is 1. The monoisotopic (exact) mass is 322 g/mol. The van der Waals surface area contributed by atoms with Gasteiger partial charge in [0.1, 0.15) is 9.88 Å². The smallest absolute Gasteiger partial charge is 0.330 e. The number of hydrogen-bond donors (Lipinski definition) is 1. The lowest BCUT2D eigenvalue weighted by Crippen LogP contribution is -2.46. The third-order valence-electron chi connectivity index (χ3n) is 3.06. The topological polar surface area (TPSA) is 65.2 Å². The van der Waals surface area contributed by atoms with Gasteiger partial charge in [-0.2, -0.15) is 0 Å². The molecular formula is C15H18N2O2S2. The van der Waals surface area contributed by atoms with Crippen molar-refractivity contribution in [1.82, 2.24) is 4.98 Å². The van der Waals surface area contributed by atoms with Crippen LogP contribution in [0.3, 0.4) is 0 Å². The lowest BCUT2D eigenvalue weighted by atomic mass is 9.88. The van der Waals surface area contributed by atoms with Crippen LogP contribution in [0.4, 0.5) is 0 Å². The predicted molar refractivity (Wildman–Crippen MR) is 86.4 cm³/mol. The fourth-order valence-corrected chi connectivity index (χ4v) is 3.72. The number of esters is 1. The van der Waals surface area contributed by atoms with Crippen LogP contribution in [0.2, 0.25) is 0 Å². The van der Waals surface area contributed by atoms with Crippen molar-refractivity contribution in [2.24, 2.45) is 5.73 Å². The van der Waals surface area contributed by atoms with Crippen LogP contribution in [0.25, 0.3) is 0 Å². The number of nitrogens with zero attached hydrogens (tertiary/aromatic N) is 1. The van der Waals surface area contributed by atoms with Crippen molar-refractivity contribution in [3.63, 3.8) is 0 Å². The van der Waals surface area contributed by atoms with Crippen LogP contribution in [-0.4, -0.2) is 23.3 Å². The summed E-state index contributed by atoms with van der Waals surface area (Å²) in [4.78, 5) is 16.5. The van der Waals surface area contributed by atoms with Gasteiger partial charge in [-0.05, 0) is 18.9 Å². The molecule has 0 saturated heterocycles. The summed E-state index contributed by atoms with van der Waals surface area (Å²) in [7, 11) is 0. The van der Waals surface area contributed by atoms with Gasteiger partial charge in [0.15, 0.2) is 0 Å². The molecule has 2 N–H and O–H groups in total. The summed E-state index contributed by atoms with van der Waals surface area (Å²) in [6.45, 7) is 2.11. The summed E-state index contributed by atoms with van der Waals surface area (Å²) in [5, 5.41) is 1.93. The molecule has 1 aromatic heterocycles. The van der Waals surface area contributed by atoms with E-state index in [9.17, 15) is 4.79 Å². The average molecular weight is 322 g/mol. The molecule has 21 heavy (non-hydrogen) atoms. The average Bonchev–Trinajstić information content (AvgIpc) is 3.01. The molecule has 0 spiro atoms. The lowest BCUT2D eigenvalue weighted by Gasteiger charge is -2.27. The minimum absolute atomic E-state index is 0.324. The van der Waals surface area contributed by atoms with Gasteiger partial charge in [-0.3, -0.25) is 0 Å². The molecule has 0 aliphatic rings. The molecular weight excluding hydrogens is 304 g/mol. The van der Waals surface area contributed by atoms with Crippen molar-refractivity contribution in [3.8, 4) is 0 Å². The van der Waals surface area contributed by atoms with Crippen LogP contribution in [-0.2, 0) is 15.1 Å². The molecule has 2 rings (SSSR count). The van der Waals surface area contributed by atoms with E-state index >= 15 is 0 Å². The van der Waals surface area contributed by atoms with Crippen LogP contribution >= 0.6 is 23.1 Å². The van der Waals surface area contributed by atoms with Crippen LogP contribution < -0.4 is 5.73 Å². The number of thioether (sulfide) groups is 1. The number of ether oxygens (including phenoxy) is 1. The van der Waals surface area contributed by atoms with Gasteiger partial charge < -0.3 is 10.5 Å². The third-order valence-corrected chi connectivity index (χ3v) is 5.03. The molecule has 0 radical (unpaired) electrons. The van der Waals surface area contributed by atoms with Gasteiger partial charge in [-0.15, -0.1) is 11.3 Å². The fourth-order valence-electron chi connectivity index (χ4n) is 1.94. The first-order valence-corrected chi connectivity index (χ1v) is 8.57. The minimum Gasteiger partial charge on any atom is -0.464 e. The van der Waals surface area contributed by atoms with E-state index in [-0.39, 0.29) is 5.97 Å². The molecule has 1 aromatic carbocycles. The highest BCUT2D eigenvalue weighted by Crippen LogP contribution is 2.29. The van der Waals surface area contributed by atoms with Crippen molar-refractivity contribution in [2.75, 3.05) is 12.4 Å². The second-order valence-corrected chi connectivity index (χ2v) is 6.69. The molecule has 1 atom stereocenters. The summed E-state index contributed by atoms with van der Waals surface area (Å²) in [5.74, 6) is 0.327. The van der Waals surface area contributed by atoms with E-state index in [1.165, 1.54) is 0 Å². The maximum atomic E-state index is 12.3. The van der Waals surface area contributed by atoms with Crippen LogP contribution in [0, 0.1) is 0 Å². The Bertz CT molecular complexity index is 560. The lowest BCUT2D eigenvalue weighted by molar-refractivity contribution is -0.150. The van der Waals surface area contributed by atoms with E-state index in [1.54, 1.807) is 36.2 Å². The van der Waals surface area contributed by atoms with E-state index in [0.717, 1.165) is 9.90 Å². The van der Waals surface area contributed by atoms with Crippen molar-refractivity contribution < 1.29 is 9.53 Å². The number of aromatic nitrogens is 1. The molecule has 6 heteroatoms. The largest absolute Gasteiger partial charge is 0.464 e. The Labute approximate surface area is 132 Å². The van der Waals surface area contributed by atoms with Crippen LogP contribution in [0.15, 0.2) is 46.2 Å². The zero-order valence-electron chi connectivity index (χ0n) is 11.8. The van der Waals surface area contributed by atoms with E-state index in [1.807, 2.05) is 35.7 Å². The molecule has 0 fully saturated rings. The van der Waals surface area contributed by atoms with E-state index in [0.29, 0.717) is 18.8 Å². The highest BCUT2D eigenvalue weighted by Gasteiger charge is 2.37. The summed E-state index contributed by atoms with van der Waals surface area (Å²) in [6, 6.07) is 9.39. The van der Waals surface area contributed by atoms with E-state index in [4.69, 9.17) is 10.5 Å². The fraction of sp³-hybridized carbons (Fsp3) is 0.333. The molecule has 0 amide bonds. The quantitative estimate of drug-likeness (QED) is 0.627. The first kappa shape index (κ1) is 16.0. The highest BCUT2D eigenvalue weighted by molar-refractivity contribution is 8.00. The highest BCUT2D eigenvalue weighted by atomic mass is 32.2. The summed E-state index contributed by atoms with van der Waals surface area (Å²) >= 11 is 3.19. The second-order valence-electron chi connectivity index (χ2n) is 4.45. The number of benzene rings is 1. The van der Waals surface area contributed by atoms with Gasteiger partial charge in [-0.1, -0.05) is 42.1 Å². The Morgan fingerprint density at radius 3 is 2.81 bits per heavy atom. The number of thiazole rings is 1. The SMILES string of the molecule is CCOC(=O)C(N)(CCSc1nccs1)c1ccccc1. The standard InChI is InChI=1S/C15H18N2O2S2/c1-2-19-13(18)15(16,12-6-4-3-5-7-12)8-10-20-14-17-9-11-21-14/h3-7,9,11H,2,8,10,16H2,1H3. The van der Waals surface area contributed by atoms with Crippen molar-refractivity contribution in [2.45, 2.75) is 23.2 Å². The summed E-state index contributed by atoms with van der Waals surface area (Å²) in [5.41, 5.74) is 6.05. The summed E-state index contributed by atoms with van der Waals surface area (Å²) in [6.07, 6.45) is 2.27. The van der Waals surface area contributed by atoms with Crippen molar-refractivity contribution >= 4 is 29.1 Å².